The van der Waals surface area contributed by atoms with Crippen LogP contribution in [0.1, 0.15) is 25.7 Å². The Hall–Kier alpha value is -2.01. The second-order valence-corrected chi connectivity index (χ2v) is 7.80. The molecule has 2 heterocycles. The van der Waals surface area contributed by atoms with Gasteiger partial charge in [0.05, 0.1) is 19.8 Å². The summed E-state index contributed by atoms with van der Waals surface area (Å²) in [5.41, 5.74) is 3.45. The maximum absolute atomic E-state index is 10.9. The van der Waals surface area contributed by atoms with Crippen molar-refractivity contribution in [1.29, 1.82) is 0 Å². The van der Waals surface area contributed by atoms with E-state index in [1.54, 1.807) is 7.11 Å². The number of methoxy groups -OCH3 is 1. The van der Waals surface area contributed by atoms with E-state index in [1.165, 1.54) is 36.6 Å². The molecule has 1 saturated heterocycles. The van der Waals surface area contributed by atoms with Gasteiger partial charge in [-0.25, -0.2) is 0 Å². The van der Waals surface area contributed by atoms with Gasteiger partial charge in [-0.05, 0) is 67.9 Å². The predicted molar refractivity (Wildman–Crippen MR) is 115 cm³/mol. The molecule has 0 saturated carbocycles. The number of ether oxygens (including phenoxy) is 1. The molecule has 1 aliphatic heterocycles. The monoisotopic (exact) mass is 413 g/mol. The van der Waals surface area contributed by atoms with E-state index < -0.39 is 0 Å². The lowest BCUT2D eigenvalue weighted by Crippen LogP contribution is -3.00. The number of rotatable bonds is 6. The number of hydrogen-bond acceptors (Lipinski definition) is 3. The van der Waals surface area contributed by atoms with Crippen LogP contribution in [0.25, 0.3) is 22.2 Å². The van der Waals surface area contributed by atoms with E-state index in [0.717, 1.165) is 36.6 Å². The largest absolute Gasteiger partial charge is 1.00 e. The number of aliphatic hydroxyl groups is 1. The quantitative estimate of drug-likeness (QED) is 0.666. The van der Waals surface area contributed by atoms with Gasteiger partial charge in [-0.2, -0.15) is 0 Å². The smallest absolute Gasteiger partial charge is 0.118 e. The Morgan fingerprint density at radius 1 is 0.931 bits per heavy atom. The van der Waals surface area contributed by atoms with Crippen molar-refractivity contribution in [2.24, 2.45) is 0 Å². The molecule has 0 radical (unpaired) electrons. The number of aromatic nitrogens is 1. The maximum atomic E-state index is 10.9. The Kier molecular flexibility index (Phi) is 7.59. The first-order valence-corrected chi connectivity index (χ1v) is 10.4. The van der Waals surface area contributed by atoms with E-state index in [9.17, 15) is 5.11 Å². The summed E-state index contributed by atoms with van der Waals surface area (Å²) in [4.78, 5) is 2.43. The van der Waals surface area contributed by atoms with E-state index in [1.807, 2.05) is 12.1 Å². The first-order chi connectivity index (χ1) is 13.7. The van der Waals surface area contributed by atoms with Crippen LogP contribution in [0, 0.1) is 0 Å². The number of likely N-dealkylation sites (tertiary alicyclic amines) is 1. The van der Waals surface area contributed by atoms with Crippen LogP contribution in [0.15, 0.2) is 54.6 Å². The minimum absolute atomic E-state index is 0. The molecular weight excluding hydrogens is 384 g/mol. The van der Waals surface area contributed by atoms with Crippen LogP contribution in [0.3, 0.4) is 0 Å². The maximum Gasteiger partial charge on any atom is 0.118 e. The van der Waals surface area contributed by atoms with Gasteiger partial charge in [0.1, 0.15) is 5.75 Å². The lowest BCUT2D eigenvalue weighted by Gasteiger charge is -2.24. The molecule has 4 rings (SSSR count). The molecule has 5 heteroatoms. The van der Waals surface area contributed by atoms with Crippen LogP contribution in [0.2, 0.25) is 0 Å². The second kappa shape index (κ2) is 10.1. The third kappa shape index (κ3) is 5.13. The number of hydrogen-bond donors (Lipinski definition) is 1. The van der Waals surface area contributed by atoms with Crippen molar-refractivity contribution in [2.45, 2.75) is 38.3 Å². The Morgan fingerprint density at radius 3 is 2.31 bits per heavy atom. The zero-order valence-corrected chi connectivity index (χ0v) is 17.8. The summed E-state index contributed by atoms with van der Waals surface area (Å²) in [7, 11) is 1.69. The second-order valence-electron chi connectivity index (χ2n) is 7.80. The van der Waals surface area contributed by atoms with Crippen molar-refractivity contribution in [2.75, 3.05) is 26.7 Å². The normalized spacial score (nSPS) is 16.2. The Labute approximate surface area is 179 Å². The fourth-order valence-electron chi connectivity index (χ4n) is 4.29. The molecule has 1 N–H and O–H groups in total. The van der Waals surface area contributed by atoms with E-state index in [4.69, 9.17) is 4.74 Å². The number of β-amino-alcohol motifs (C(OH)–C–C–N with tert-alkyl or cyclic N) is 1. The number of fused-ring (bicyclic) bond motifs is 1. The average molecular weight is 414 g/mol. The molecule has 0 amide bonds. The van der Waals surface area contributed by atoms with Crippen molar-refractivity contribution >= 4 is 10.9 Å². The molecule has 4 nitrogen and oxygen atoms in total. The minimum atomic E-state index is -0.383. The van der Waals surface area contributed by atoms with Gasteiger partial charge in [0.15, 0.2) is 0 Å². The lowest BCUT2D eigenvalue weighted by atomic mass is 10.1. The molecule has 1 aliphatic rings. The molecule has 2 aromatic carbocycles. The fraction of sp³-hybridized carbons (Fsp3) is 0.417. The van der Waals surface area contributed by atoms with Crippen LogP contribution < -0.4 is 17.1 Å². The van der Waals surface area contributed by atoms with Gasteiger partial charge in [-0.3, -0.25) is 0 Å². The molecule has 0 bridgehead atoms. The molecule has 3 aromatic rings. The molecule has 1 unspecified atom stereocenters. The van der Waals surface area contributed by atoms with E-state index in [-0.39, 0.29) is 18.5 Å². The summed E-state index contributed by atoms with van der Waals surface area (Å²) in [5, 5.41) is 12.1. The molecule has 1 fully saturated rings. The Bertz CT molecular complexity index is 899. The third-order valence-electron chi connectivity index (χ3n) is 5.76. The standard InChI is InChI=1S/C24H30N2O2.ClH/c1-28-22-12-10-19(11-13-22)24-16-20-8-4-5-9-23(20)26(24)18-21(27)17-25-14-6-2-3-7-15-25;/h4-5,8-13,16,21,27H,2-3,6-7,14-15,17-18H2,1H3;1H/p-1. The predicted octanol–water partition coefficient (Wildman–Crippen LogP) is 1.56. The zero-order chi connectivity index (χ0) is 19.3. The number of halogens is 1. The molecule has 0 aliphatic carbocycles. The number of nitrogens with zero attached hydrogens (tertiary/aromatic N) is 2. The fourth-order valence-corrected chi connectivity index (χ4v) is 4.29. The van der Waals surface area contributed by atoms with Crippen molar-refractivity contribution < 1.29 is 22.3 Å². The summed E-state index contributed by atoms with van der Waals surface area (Å²) in [6.45, 7) is 3.56. The van der Waals surface area contributed by atoms with E-state index in [0.29, 0.717) is 6.54 Å². The van der Waals surface area contributed by atoms with E-state index >= 15 is 0 Å². The highest BCUT2D eigenvalue weighted by Crippen LogP contribution is 2.30. The summed E-state index contributed by atoms with van der Waals surface area (Å²) >= 11 is 0. The van der Waals surface area contributed by atoms with Crippen LogP contribution >= 0.6 is 0 Å². The molecule has 156 valence electrons. The topological polar surface area (TPSA) is 37.6 Å². The average Bonchev–Trinajstić information content (AvgIpc) is 2.88. The highest BCUT2D eigenvalue weighted by Gasteiger charge is 2.17. The van der Waals surface area contributed by atoms with Crippen molar-refractivity contribution in [1.82, 2.24) is 9.47 Å². The zero-order valence-electron chi connectivity index (χ0n) is 17.1. The van der Waals surface area contributed by atoms with Gasteiger partial charge in [-0.1, -0.05) is 31.0 Å². The SMILES string of the molecule is COc1ccc(-c2cc3ccccc3n2CC(O)CN2CCCCCC2)cc1.[Cl-]. The van der Waals surface area contributed by atoms with Crippen LogP contribution in [0.5, 0.6) is 5.75 Å². The summed E-state index contributed by atoms with van der Waals surface area (Å²) in [6.07, 6.45) is 4.74. The first kappa shape index (κ1) is 21.7. The van der Waals surface area contributed by atoms with Gasteiger partial charge in [-0.15, -0.1) is 0 Å². The summed E-state index contributed by atoms with van der Waals surface area (Å²) in [6, 6.07) is 18.8. The number of para-hydroxylation sites is 1. The summed E-state index contributed by atoms with van der Waals surface area (Å²) < 4.78 is 7.56. The van der Waals surface area contributed by atoms with Crippen LogP contribution in [-0.2, 0) is 6.54 Å². The van der Waals surface area contributed by atoms with Gasteiger partial charge in [0, 0.05) is 23.1 Å². The highest BCUT2D eigenvalue weighted by molar-refractivity contribution is 5.87. The third-order valence-corrected chi connectivity index (χ3v) is 5.76. The number of benzene rings is 2. The van der Waals surface area contributed by atoms with Gasteiger partial charge < -0.3 is 31.7 Å². The molecule has 1 aromatic heterocycles. The highest BCUT2D eigenvalue weighted by atomic mass is 35.5. The Balaban J connectivity index is 0.00000240. The van der Waals surface area contributed by atoms with Gasteiger partial charge >= 0.3 is 0 Å². The van der Waals surface area contributed by atoms with E-state index in [2.05, 4.69) is 51.9 Å². The van der Waals surface area contributed by atoms with Crippen molar-refractivity contribution in [3.8, 4) is 17.0 Å². The van der Waals surface area contributed by atoms with Crippen molar-refractivity contribution in [3.63, 3.8) is 0 Å². The molecular formula is C24H30ClN2O2-. The lowest BCUT2D eigenvalue weighted by molar-refractivity contribution is -0.00000858. The molecule has 0 spiro atoms. The molecule has 29 heavy (non-hydrogen) atoms. The summed E-state index contributed by atoms with van der Waals surface area (Å²) in [5.74, 6) is 0.854. The van der Waals surface area contributed by atoms with Crippen LogP contribution in [-0.4, -0.2) is 47.4 Å². The van der Waals surface area contributed by atoms with Gasteiger partial charge in [0.25, 0.3) is 0 Å². The van der Waals surface area contributed by atoms with Crippen molar-refractivity contribution in [3.05, 3.63) is 54.6 Å². The van der Waals surface area contributed by atoms with Gasteiger partial charge in [0.2, 0.25) is 0 Å². The first-order valence-electron chi connectivity index (χ1n) is 10.4. The molecule has 1 atom stereocenters. The number of aliphatic hydroxyl groups excluding tert-OH is 1. The van der Waals surface area contributed by atoms with Crippen LogP contribution in [0.4, 0.5) is 0 Å². The Morgan fingerprint density at radius 2 is 1.62 bits per heavy atom. The minimum Gasteiger partial charge on any atom is -1.00 e.